The molecule has 30 heavy (non-hydrogen) atoms. The number of carbonyl (C=O) groups excluding carboxylic acids is 1. The van der Waals surface area contributed by atoms with E-state index in [0.717, 1.165) is 0 Å². The number of urea groups is 1. The van der Waals surface area contributed by atoms with Crippen molar-refractivity contribution < 1.29 is 22.7 Å². The summed E-state index contributed by atoms with van der Waals surface area (Å²) < 4.78 is 37.8. The Morgan fingerprint density at radius 1 is 0.967 bits per heavy atom. The van der Waals surface area contributed by atoms with Crippen LogP contribution >= 0.6 is 11.6 Å². The second kappa shape index (κ2) is 8.97. The van der Waals surface area contributed by atoms with Gasteiger partial charge in [0.15, 0.2) is 0 Å². The lowest BCUT2D eigenvalue weighted by atomic mass is 10.1. The second-order valence-electron chi connectivity index (χ2n) is 5.82. The first-order valence-corrected chi connectivity index (χ1v) is 10.3. The maximum Gasteiger partial charge on any atom is 0.335 e. The highest BCUT2D eigenvalue weighted by Gasteiger charge is 2.25. The zero-order valence-electron chi connectivity index (χ0n) is 15.9. The Labute approximate surface area is 178 Å². The van der Waals surface area contributed by atoms with Crippen molar-refractivity contribution in [1.29, 1.82) is 0 Å². The van der Waals surface area contributed by atoms with Crippen molar-refractivity contribution in [3.63, 3.8) is 0 Å². The summed E-state index contributed by atoms with van der Waals surface area (Å²) in [5.41, 5.74) is 0.976. The minimum absolute atomic E-state index is 0.0315. The average molecular weight is 449 g/mol. The molecular weight excluding hydrogens is 432 g/mol. The van der Waals surface area contributed by atoms with Gasteiger partial charge < -0.3 is 9.47 Å². The van der Waals surface area contributed by atoms with Crippen LogP contribution in [0.2, 0.25) is 5.02 Å². The average Bonchev–Trinajstić information content (AvgIpc) is 2.73. The van der Waals surface area contributed by atoms with E-state index in [1.165, 1.54) is 26.4 Å². The fourth-order valence-corrected chi connectivity index (χ4v) is 4.27. The van der Waals surface area contributed by atoms with Gasteiger partial charge in [0.05, 0.1) is 25.3 Å². The number of sulfonamides is 1. The van der Waals surface area contributed by atoms with Gasteiger partial charge in [0.1, 0.15) is 4.90 Å². The van der Waals surface area contributed by atoms with Crippen molar-refractivity contribution in [3.8, 4) is 22.9 Å². The summed E-state index contributed by atoms with van der Waals surface area (Å²) in [4.78, 5) is 20.0. The molecular formula is C19H17ClN4O5S. The normalized spacial score (nSPS) is 10.9. The Bertz CT molecular complexity index is 1150. The van der Waals surface area contributed by atoms with E-state index < -0.39 is 16.1 Å². The number of carbonyl (C=O) groups is 1. The van der Waals surface area contributed by atoms with Gasteiger partial charge in [-0.3, -0.25) is 5.32 Å². The number of hydrogen-bond donors (Lipinski definition) is 2. The molecule has 1 heterocycles. The molecule has 0 radical (unpaired) electrons. The number of methoxy groups -OCH3 is 2. The Kier molecular flexibility index (Phi) is 6.38. The predicted octanol–water partition coefficient (Wildman–Crippen LogP) is 3.32. The van der Waals surface area contributed by atoms with Gasteiger partial charge in [-0.05, 0) is 11.6 Å². The molecule has 2 amide bonds. The Morgan fingerprint density at radius 3 is 2.20 bits per heavy atom. The number of hydrogen-bond acceptors (Lipinski definition) is 7. The van der Waals surface area contributed by atoms with Crippen LogP contribution in [0.15, 0.2) is 59.5 Å². The van der Waals surface area contributed by atoms with Crippen molar-refractivity contribution in [2.75, 3.05) is 19.5 Å². The Balaban J connectivity index is 1.90. The molecule has 9 nitrogen and oxygen atoms in total. The molecule has 0 fully saturated rings. The van der Waals surface area contributed by atoms with Gasteiger partial charge >= 0.3 is 6.03 Å². The van der Waals surface area contributed by atoms with Gasteiger partial charge in [-0.1, -0.05) is 54.1 Å². The highest BCUT2D eigenvalue weighted by atomic mass is 35.5. The molecule has 0 unspecified atom stereocenters. The minimum Gasteiger partial charge on any atom is -0.481 e. The largest absolute Gasteiger partial charge is 0.481 e. The zero-order chi connectivity index (χ0) is 21.7. The number of anilines is 1. The molecule has 2 aromatic carbocycles. The van der Waals surface area contributed by atoms with Crippen LogP contribution in [0, 0.1) is 0 Å². The molecule has 0 aliphatic heterocycles. The summed E-state index contributed by atoms with van der Waals surface area (Å²) >= 11 is 6.18. The monoisotopic (exact) mass is 448 g/mol. The van der Waals surface area contributed by atoms with Crippen molar-refractivity contribution in [2.45, 2.75) is 4.90 Å². The van der Waals surface area contributed by atoms with Gasteiger partial charge in [0.25, 0.3) is 10.0 Å². The van der Waals surface area contributed by atoms with E-state index >= 15 is 0 Å². The summed E-state index contributed by atoms with van der Waals surface area (Å²) in [6.45, 7) is 0. The van der Waals surface area contributed by atoms with E-state index in [2.05, 4.69) is 15.3 Å². The summed E-state index contributed by atoms with van der Waals surface area (Å²) in [6, 6.07) is 13.8. The summed E-state index contributed by atoms with van der Waals surface area (Å²) in [5.74, 6) is 0.0382. The third-order valence-corrected chi connectivity index (χ3v) is 5.73. The van der Waals surface area contributed by atoms with E-state index in [-0.39, 0.29) is 27.6 Å². The van der Waals surface area contributed by atoms with Crippen molar-refractivity contribution in [1.82, 2.24) is 14.7 Å². The maximum atomic E-state index is 12.9. The van der Waals surface area contributed by atoms with E-state index in [1.54, 1.807) is 42.5 Å². The topological polar surface area (TPSA) is 120 Å². The molecule has 0 aliphatic rings. The standard InChI is InChI=1S/C19H17ClN4O5S/c1-28-15-11-16(29-2)22-18(21-15)23-19(25)24-30(26,27)17-13(9-6-10-14(17)20)12-7-4-3-5-8-12/h3-11H,1-2H3,(H2,21,22,23,24,25). The lowest BCUT2D eigenvalue weighted by Crippen LogP contribution is -2.35. The second-order valence-corrected chi connectivity index (χ2v) is 7.84. The van der Waals surface area contributed by atoms with Crippen LogP contribution in [0.3, 0.4) is 0 Å². The molecule has 0 spiro atoms. The fraction of sp³-hybridized carbons (Fsp3) is 0.105. The molecule has 0 saturated carbocycles. The predicted molar refractivity (Wildman–Crippen MR) is 111 cm³/mol. The number of ether oxygens (including phenoxy) is 2. The number of nitrogens with zero attached hydrogens (tertiary/aromatic N) is 2. The number of rotatable bonds is 6. The van der Waals surface area contributed by atoms with Crippen LogP contribution in [0.1, 0.15) is 0 Å². The van der Waals surface area contributed by atoms with Gasteiger partial charge in [-0.15, -0.1) is 0 Å². The SMILES string of the molecule is COc1cc(OC)nc(NC(=O)NS(=O)(=O)c2c(Cl)cccc2-c2ccccc2)n1. The number of benzene rings is 2. The number of amides is 2. The van der Waals surface area contributed by atoms with Crippen molar-refractivity contribution in [2.24, 2.45) is 0 Å². The highest BCUT2D eigenvalue weighted by Crippen LogP contribution is 2.32. The quantitative estimate of drug-likeness (QED) is 0.593. The molecule has 0 atom stereocenters. The van der Waals surface area contributed by atoms with Crippen LogP contribution in [-0.2, 0) is 10.0 Å². The molecule has 0 saturated heterocycles. The van der Waals surface area contributed by atoms with Gasteiger partial charge in [0.2, 0.25) is 17.7 Å². The van der Waals surface area contributed by atoms with Crippen molar-refractivity contribution in [3.05, 3.63) is 59.6 Å². The smallest absolute Gasteiger partial charge is 0.335 e. The summed E-state index contributed by atoms with van der Waals surface area (Å²) in [5, 5.41) is 2.21. The zero-order valence-corrected chi connectivity index (χ0v) is 17.5. The Hall–Kier alpha value is -3.37. The molecule has 0 aliphatic carbocycles. The first-order valence-electron chi connectivity index (χ1n) is 8.49. The van der Waals surface area contributed by atoms with Crippen LogP contribution in [0.4, 0.5) is 10.7 Å². The minimum atomic E-state index is -4.33. The lowest BCUT2D eigenvalue weighted by Gasteiger charge is -2.14. The molecule has 2 N–H and O–H groups in total. The summed E-state index contributed by atoms with van der Waals surface area (Å²) in [7, 11) is -1.59. The van der Waals surface area contributed by atoms with E-state index in [0.29, 0.717) is 11.1 Å². The Morgan fingerprint density at radius 2 is 1.60 bits per heavy atom. The highest BCUT2D eigenvalue weighted by molar-refractivity contribution is 7.90. The maximum absolute atomic E-state index is 12.9. The van der Waals surface area contributed by atoms with E-state index in [4.69, 9.17) is 21.1 Å². The summed E-state index contributed by atoms with van der Waals surface area (Å²) in [6.07, 6.45) is 0. The van der Waals surface area contributed by atoms with Gasteiger partial charge in [0, 0.05) is 5.56 Å². The van der Waals surface area contributed by atoms with Gasteiger partial charge in [-0.25, -0.2) is 17.9 Å². The molecule has 156 valence electrons. The van der Waals surface area contributed by atoms with Crippen molar-refractivity contribution >= 4 is 33.6 Å². The van der Waals surface area contributed by atoms with E-state index in [9.17, 15) is 13.2 Å². The third kappa shape index (κ3) is 4.78. The van der Waals surface area contributed by atoms with Gasteiger partial charge in [-0.2, -0.15) is 9.97 Å². The molecule has 3 rings (SSSR count). The van der Waals surface area contributed by atoms with Crippen LogP contribution in [0.25, 0.3) is 11.1 Å². The molecule has 1 aromatic heterocycles. The number of aromatic nitrogens is 2. The molecule has 3 aromatic rings. The van der Waals surface area contributed by atoms with E-state index in [1.807, 2.05) is 4.72 Å². The molecule has 0 bridgehead atoms. The first kappa shape index (κ1) is 21.3. The van der Waals surface area contributed by atoms with Crippen LogP contribution in [0.5, 0.6) is 11.8 Å². The number of nitrogens with one attached hydrogen (secondary N) is 2. The van der Waals surface area contributed by atoms with Crippen LogP contribution in [-0.4, -0.2) is 38.6 Å². The molecule has 11 heteroatoms. The number of halogens is 1. The third-order valence-electron chi connectivity index (χ3n) is 3.87. The lowest BCUT2D eigenvalue weighted by molar-refractivity contribution is 0.256. The first-order chi connectivity index (χ1) is 14.3. The fourth-order valence-electron chi connectivity index (χ4n) is 2.60. The van der Waals surface area contributed by atoms with Crippen LogP contribution < -0.4 is 19.5 Å².